The number of hydrogen-bond donors (Lipinski definition) is 1. The number of nitrogens with one attached hydrogen (secondary N) is 1. The van der Waals surface area contributed by atoms with Crippen molar-refractivity contribution in [2.75, 3.05) is 0 Å². The van der Waals surface area contributed by atoms with Gasteiger partial charge in [0.2, 0.25) is 15.3 Å². The van der Waals surface area contributed by atoms with Crippen LogP contribution in [0.4, 0.5) is 0 Å². The number of sulfone groups is 1. The summed E-state index contributed by atoms with van der Waals surface area (Å²) in [5.74, 6) is -0.579. The summed E-state index contributed by atoms with van der Waals surface area (Å²) >= 11 is 3.39. The van der Waals surface area contributed by atoms with Gasteiger partial charge in [-0.05, 0) is 36.4 Å². The number of aromatic nitrogens is 1. The number of aromatic amines is 1. The van der Waals surface area contributed by atoms with Crippen molar-refractivity contribution in [3.05, 3.63) is 64.8 Å². The number of carbonyl (C=O) groups excluding carboxylic acids is 1. The van der Waals surface area contributed by atoms with E-state index >= 15 is 0 Å². The van der Waals surface area contributed by atoms with E-state index in [1.807, 2.05) is 18.2 Å². The van der Waals surface area contributed by atoms with Crippen molar-refractivity contribution >= 4 is 42.6 Å². The first-order valence-corrected chi connectivity index (χ1v) is 10.0. The minimum Gasteiger partial charge on any atom is -0.439 e. The maximum absolute atomic E-state index is 13.0. The Morgan fingerprint density at radius 2 is 1.88 bits per heavy atom. The molecule has 0 saturated carbocycles. The molecule has 0 radical (unpaired) electrons. The zero-order valence-corrected chi connectivity index (χ0v) is 15.8. The molecule has 2 aromatic carbocycles. The van der Waals surface area contributed by atoms with Gasteiger partial charge in [0.15, 0.2) is 0 Å². The lowest BCUT2D eigenvalue weighted by Crippen LogP contribution is -2.20. The number of fused-ring (bicyclic) bond motifs is 1. The number of carbonyl (C=O) groups is 1. The van der Waals surface area contributed by atoms with E-state index in [0.717, 1.165) is 15.4 Å². The van der Waals surface area contributed by atoms with Gasteiger partial charge >= 0.3 is 5.97 Å². The number of rotatable bonds is 5. The van der Waals surface area contributed by atoms with Crippen LogP contribution in [-0.2, 0) is 19.4 Å². The summed E-state index contributed by atoms with van der Waals surface area (Å²) in [6, 6.07) is 15.2. The van der Waals surface area contributed by atoms with E-state index in [4.69, 9.17) is 4.74 Å². The van der Waals surface area contributed by atoms with E-state index < -0.39 is 21.2 Å². The number of hydrogen-bond acceptors (Lipinski definition) is 4. The summed E-state index contributed by atoms with van der Waals surface area (Å²) in [5.41, 5.74) is -0.341. The van der Waals surface area contributed by atoms with Crippen molar-refractivity contribution in [1.82, 2.24) is 4.98 Å². The summed E-state index contributed by atoms with van der Waals surface area (Å²) in [4.78, 5) is 15.0. The van der Waals surface area contributed by atoms with Crippen molar-refractivity contribution in [3.8, 4) is 0 Å². The molecule has 1 aromatic heterocycles. The van der Waals surface area contributed by atoms with Crippen LogP contribution in [0.25, 0.3) is 10.9 Å². The third-order valence-electron chi connectivity index (χ3n) is 3.74. The molecule has 1 unspecified atom stereocenters. The second kappa shape index (κ2) is 7.01. The number of benzene rings is 2. The monoisotopic (exact) mass is 421 g/mol. The average Bonchev–Trinajstić information content (AvgIpc) is 3.02. The first kappa shape index (κ1) is 17.7. The van der Waals surface area contributed by atoms with E-state index in [-0.39, 0.29) is 11.3 Å². The lowest BCUT2D eigenvalue weighted by molar-refractivity contribution is -0.145. The molecule has 0 bridgehead atoms. The predicted molar refractivity (Wildman–Crippen MR) is 98.8 cm³/mol. The van der Waals surface area contributed by atoms with Crippen LogP contribution < -0.4 is 0 Å². The fourth-order valence-corrected chi connectivity index (χ4v) is 4.34. The SMILES string of the molecule is CCC(=O)OC(c1cc2cc(Br)ccc2[nH]1)S(=O)(=O)c1ccccc1. The second-order valence-corrected chi connectivity index (χ2v) is 8.39. The smallest absolute Gasteiger partial charge is 0.307 e. The van der Waals surface area contributed by atoms with E-state index in [2.05, 4.69) is 20.9 Å². The quantitative estimate of drug-likeness (QED) is 0.620. The number of H-pyrrole nitrogens is 1. The first-order chi connectivity index (χ1) is 11.9. The van der Waals surface area contributed by atoms with Crippen molar-refractivity contribution in [1.29, 1.82) is 0 Å². The number of halogens is 1. The highest BCUT2D eigenvalue weighted by Crippen LogP contribution is 2.32. The van der Waals surface area contributed by atoms with E-state index in [1.165, 1.54) is 12.1 Å². The standard InChI is InChI=1S/C18H16BrNO4S/c1-2-17(21)24-18(25(22,23)14-6-4-3-5-7-14)16-11-12-10-13(19)8-9-15(12)20-16/h3-11,18,20H,2H2,1H3. The Balaban J connectivity index is 2.12. The van der Waals surface area contributed by atoms with Crippen molar-refractivity contribution in [3.63, 3.8) is 0 Å². The van der Waals surface area contributed by atoms with Crippen LogP contribution in [-0.4, -0.2) is 19.4 Å². The van der Waals surface area contributed by atoms with Gasteiger partial charge in [-0.3, -0.25) is 4.79 Å². The summed E-state index contributed by atoms with van der Waals surface area (Å²) in [5, 5.41) is 0.824. The van der Waals surface area contributed by atoms with Crippen molar-refractivity contribution in [2.45, 2.75) is 23.7 Å². The summed E-state index contributed by atoms with van der Waals surface area (Å²) < 4.78 is 32.2. The van der Waals surface area contributed by atoms with Crippen LogP contribution in [0.15, 0.2) is 64.0 Å². The molecule has 1 heterocycles. The maximum Gasteiger partial charge on any atom is 0.307 e. The normalized spacial score (nSPS) is 12.9. The van der Waals surface area contributed by atoms with Crippen LogP contribution in [0.2, 0.25) is 0 Å². The van der Waals surface area contributed by atoms with E-state index in [9.17, 15) is 13.2 Å². The van der Waals surface area contributed by atoms with Gasteiger partial charge in [-0.25, -0.2) is 8.42 Å². The van der Waals surface area contributed by atoms with E-state index in [0.29, 0.717) is 5.69 Å². The first-order valence-electron chi connectivity index (χ1n) is 7.68. The predicted octanol–water partition coefficient (Wildman–Crippen LogP) is 4.36. The van der Waals surface area contributed by atoms with Gasteiger partial charge in [-0.2, -0.15) is 0 Å². The molecule has 0 aliphatic rings. The van der Waals surface area contributed by atoms with Gasteiger partial charge in [-0.1, -0.05) is 41.1 Å². The zero-order chi connectivity index (χ0) is 18.0. The average molecular weight is 422 g/mol. The van der Waals surface area contributed by atoms with Gasteiger partial charge in [0.25, 0.3) is 0 Å². The van der Waals surface area contributed by atoms with Gasteiger partial charge in [0.1, 0.15) is 0 Å². The molecule has 0 aliphatic carbocycles. The van der Waals surface area contributed by atoms with E-state index in [1.54, 1.807) is 31.2 Å². The van der Waals surface area contributed by atoms with Crippen LogP contribution in [0.5, 0.6) is 0 Å². The van der Waals surface area contributed by atoms with Crippen LogP contribution in [0.3, 0.4) is 0 Å². The Hall–Kier alpha value is -2.12. The molecule has 0 amide bonds. The number of ether oxygens (including phenoxy) is 1. The highest BCUT2D eigenvalue weighted by atomic mass is 79.9. The van der Waals surface area contributed by atoms with Gasteiger partial charge in [0, 0.05) is 21.8 Å². The molecule has 25 heavy (non-hydrogen) atoms. The van der Waals surface area contributed by atoms with Crippen molar-refractivity contribution in [2.24, 2.45) is 0 Å². The molecule has 130 valence electrons. The fraction of sp³-hybridized carbons (Fsp3) is 0.167. The lowest BCUT2D eigenvalue weighted by Gasteiger charge is -2.17. The van der Waals surface area contributed by atoms with Gasteiger partial charge in [0.05, 0.1) is 10.6 Å². The molecule has 7 heteroatoms. The third kappa shape index (κ3) is 3.62. The molecule has 0 saturated heterocycles. The Morgan fingerprint density at radius 3 is 2.56 bits per heavy atom. The third-order valence-corrected chi connectivity index (χ3v) is 6.07. The largest absolute Gasteiger partial charge is 0.439 e. The number of esters is 1. The summed E-state index contributed by atoms with van der Waals surface area (Å²) in [6.07, 6.45) is 0.0899. The molecule has 5 nitrogen and oxygen atoms in total. The van der Waals surface area contributed by atoms with Crippen LogP contribution >= 0.6 is 15.9 Å². The lowest BCUT2D eigenvalue weighted by atomic mass is 10.2. The van der Waals surface area contributed by atoms with Crippen LogP contribution in [0.1, 0.15) is 24.5 Å². The fourth-order valence-electron chi connectivity index (χ4n) is 2.48. The topological polar surface area (TPSA) is 76.2 Å². The van der Waals surface area contributed by atoms with Crippen molar-refractivity contribution < 1.29 is 17.9 Å². The Morgan fingerprint density at radius 1 is 1.16 bits per heavy atom. The molecule has 1 N–H and O–H groups in total. The Bertz CT molecular complexity index is 1010. The Labute approximate surface area is 154 Å². The summed E-state index contributed by atoms with van der Waals surface area (Å²) in [6.45, 7) is 1.62. The molecule has 3 rings (SSSR count). The van der Waals surface area contributed by atoms with Gasteiger partial charge in [-0.15, -0.1) is 0 Å². The zero-order valence-electron chi connectivity index (χ0n) is 13.4. The second-order valence-electron chi connectivity index (χ2n) is 5.49. The maximum atomic E-state index is 13.0. The minimum absolute atomic E-state index is 0.0899. The molecular formula is C18H16BrNO4S. The highest BCUT2D eigenvalue weighted by Gasteiger charge is 2.33. The molecular weight excluding hydrogens is 406 g/mol. The molecule has 0 fully saturated rings. The molecule has 0 aliphatic heterocycles. The Kier molecular flexibility index (Phi) is 4.96. The minimum atomic E-state index is -3.90. The highest BCUT2D eigenvalue weighted by molar-refractivity contribution is 9.10. The molecule has 3 aromatic rings. The summed E-state index contributed by atoms with van der Waals surface area (Å²) in [7, 11) is -3.90. The van der Waals surface area contributed by atoms with Crippen LogP contribution in [0, 0.1) is 0 Å². The molecule has 0 spiro atoms. The molecule has 1 atom stereocenters. The van der Waals surface area contributed by atoms with Gasteiger partial charge < -0.3 is 9.72 Å².